The maximum absolute atomic E-state index is 12.6. The van der Waals surface area contributed by atoms with Crippen LogP contribution in [0.5, 0.6) is 0 Å². The van der Waals surface area contributed by atoms with Gasteiger partial charge in [0.15, 0.2) is 6.39 Å². The van der Waals surface area contributed by atoms with Gasteiger partial charge >= 0.3 is 0 Å². The van der Waals surface area contributed by atoms with E-state index in [1.165, 1.54) is 6.39 Å². The second kappa shape index (κ2) is 7.00. The van der Waals surface area contributed by atoms with Crippen LogP contribution in [0, 0.1) is 6.92 Å². The van der Waals surface area contributed by atoms with Gasteiger partial charge in [-0.3, -0.25) is 4.79 Å². The number of amides is 1. The number of anilines is 2. The molecule has 0 atom stereocenters. The third-order valence-corrected chi connectivity index (χ3v) is 3.91. The van der Waals surface area contributed by atoms with Crippen molar-refractivity contribution in [2.45, 2.75) is 13.5 Å². The van der Waals surface area contributed by atoms with Gasteiger partial charge in [-0.1, -0.05) is 30.3 Å². The van der Waals surface area contributed by atoms with E-state index in [1.807, 2.05) is 73.5 Å². The van der Waals surface area contributed by atoms with Crippen molar-refractivity contribution in [2.24, 2.45) is 0 Å². The number of carbonyl (C=O) groups excluding carboxylic acids is 1. The Labute approximate surface area is 140 Å². The number of aryl methyl sites for hydroxylation is 1. The van der Waals surface area contributed by atoms with Crippen molar-refractivity contribution >= 4 is 17.3 Å². The van der Waals surface area contributed by atoms with E-state index < -0.39 is 0 Å². The van der Waals surface area contributed by atoms with Gasteiger partial charge in [0.25, 0.3) is 5.91 Å². The number of carbonyl (C=O) groups is 1. The van der Waals surface area contributed by atoms with E-state index in [-0.39, 0.29) is 5.91 Å². The number of benzene rings is 2. The van der Waals surface area contributed by atoms with E-state index >= 15 is 0 Å². The summed E-state index contributed by atoms with van der Waals surface area (Å²) in [6.07, 6.45) is 1.38. The highest BCUT2D eigenvalue weighted by atomic mass is 16.3. The van der Waals surface area contributed by atoms with E-state index in [4.69, 9.17) is 4.42 Å². The fourth-order valence-electron chi connectivity index (χ4n) is 2.50. The minimum Gasteiger partial charge on any atom is -0.446 e. The van der Waals surface area contributed by atoms with Gasteiger partial charge in [-0.05, 0) is 31.2 Å². The summed E-state index contributed by atoms with van der Waals surface area (Å²) >= 11 is 0. The lowest BCUT2D eigenvalue weighted by Crippen LogP contribution is -2.25. The van der Waals surface area contributed by atoms with Crippen molar-refractivity contribution < 1.29 is 9.21 Å². The molecule has 3 rings (SSSR count). The van der Waals surface area contributed by atoms with E-state index in [2.05, 4.69) is 10.3 Å². The van der Waals surface area contributed by atoms with Crippen molar-refractivity contribution in [2.75, 3.05) is 11.9 Å². The summed E-state index contributed by atoms with van der Waals surface area (Å²) < 4.78 is 5.26. The Hall–Kier alpha value is -3.08. The molecule has 0 radical (unpaired) electrons. The summed E-state index contributed by atoms with van der Waals surface area (Å²) in [5, 5.41) is 2.89. The molecule has 5 nitrogen and oxygen atoms in total. The van der Waals surface area contributed by atoms with Crippen molar-refractivity contribution in [3.8, 4) is 0 Å². The predicted octanol–water partition coefficient (Wildman–Crippen LogP) is 3.68. The van der Waals surface area contributed by atoms with Crippen LogP contribution in [-0.4, -0.2) is 17.9 Å². The third kappa shape index (κ3) is 3.30. The van der Waals surface area contributed by atoms with Crippen molar-refractivity contribution in [1.82, 2.24) is 10.3 Å². The second-order valence-electron chi connectivity index (χ2n) is 5.46. The van der Waals surface area contributed by atoms with Crippen LogP contribution in [0.2, 0.25) is 0 Å². The Kier molecular flexibility index (Phi) is 4.61. The lowest BCUT2D eigenvalue weighted by atomic mass is 10.1. The zero-order valence-electron chi connectivity index (χ0n) is 13.7. The molecule has 1 aromatic heterocycles. The molecule has 0 bridgehead atoms. The van der Waals surface area contributed by atoms with E-state index in [0.717, 1.165) is 17.1 Å². The van der Waals surface area contributed by atoms with Crippen LogP contribution in [0.25, 0.3) is 0 Å². The zero-order valence-corrected chi connectivity index (χ0v) is 13.7. The lowest BCUT2D eigenvalue weighted by Gasteiger charge is -2.22. The molecule has 0 unspecified atom stereocenters. The Bertz CT molecular complexity index is 827. The summed E-state index contributed by atoms with van der Waals surface area (Å²) in [4.78, 5) is 18.6. The molecule has 1 N–H and O–H groups in total. The summed E-state index contributed by atoms with van der Waals surface area (Å²) in [7, 11) is 1.95. The van der Waals surface area contributed by atoms with Crippen LogP contribution in [0.4, 0.5) is 11.4 Å². The van der Waals surface area contributed by atoms with Gasteiger partial charge in [0.1, 0.15) is 5.76 Å². The molecule has 0 fully saturated rings. The fourth-order valence-corrected chi connectivity index (χ4v) is 2.50. The summed E-state index contributed by atoms with van der Waals surface area (Å²) in [5.41, 5.74) is 3.25. The second-order valence-corrected chi connectivity index (χ2v) is 5.46. The van der Waals surface area contributed by atoms with Crippen molar-refractivity contribution in [3.63, 3.8) is 0 Å². The quantitative estimate of drug-likeness (QED) is 0.779. The standard InChI is InChI=1S/C19H19N3O2/c1-14-18(24-13-21-14)12-20-19(23)16-10-6-7-11-17(16)22(2)15-8-4-3-5-9-15/h3-11,13H,12H2,1-2H3,(H,20,23). The first-order valence-corrected chi connectivity index (χ1v) is 7.72. The lowest BCUT2D eigenvalue weighted by molar-refractivity contribution is 0.0948. The van der Waals surface area contributed by atoms with Crippen LogP contribution in [0.15, 0.2) is 65.4 Å². The Balaban J connectivity index is 1.81. The highest BCUT2D eigenvalue weighted by molar-refractivity contribution is 6.00. The minimum absolute atomic E-state index is 0.149. The monoisotopic (exact) mass is 321 g/mol. The van der Waals surface area contributed by atoms with Crippen LogP contribution in [-0.2, 0) is 6.54 Å². The number of nitrogens with zero attached hydrogens (tertiary/aromatic N) is 2. The molecule has 0 aliphatic heterocycles. The molecular formula is C19H19N3O2. The maximum atomic E-state index is 12.6. The Morgan fingerprint density at radius 1 is 1.12 bits per heavy atom. The number of rotatable bonds is 5. The van der Waals surface area contributed by atoms with E-state index in [9.17, 15) is 4.79 Å². The number of hydrogen-bond donors (Lipinski definition) is 1. The van der Waals surface area contributed by atoms with Gasteiger partial charge in [0.05, 0.1) is 23.5 Å². The molecule has 2 aromatic carbocycles. The minimum atomic E-state index is -0.149. The molecule has 0 saturated heterocycles. The molecule has 1 amide bonds. The summed E-state index contributed by atoms with van der Waals surface area (Å²) in [6, 6.07) is 17.5. The van der Waals surface area contributed by atoms with Gasteiger partial charge in [0.2, 0.25) is 0 Å². The average Bonchev–Trinajstić information content (AvgIpc) is 3.05. The van der Waals surface area contributed by atoms with E-state index in [1.54, 1.807) is 0 Å². The molecule has 0 aliphatic rings. The fraction of sp³-hybridized carbons (Fsp3) is 0.158. The molecule has 24 heavy (non-hydrogen) atoms. The summed E-state index contributed by atoms with van der Waals surface area (Å²) in [6.45, 7) is 2.16. The first kappa shape index (κ1) is 15.8. The number of nitrogens with one attached hydrogen (secondary N) is 1. The molecule has 1 heterocycles. The van der Waals surface area contributed by atoms with Crippen LogP contribution >= 0.6 is 0 Å². The predicted molar refractivity (Wildman–Crippen MR) is 93.4 cm³/mol. The SMILES string of the molecule is Cc1ncoc1CNC(=O)c1ccccc1N(C)c1ccccc1. The van der Waals surface area contributed by atoms with Crippen LogP contribution in [0.3, 0.4) is 0 Å². The number of para-hydroxylation sites is 2. The van der Waals surface area contributed by atoms with Gasteiger partial charge in [0, 0.05) is 12.7 Å². The first-order valence-electron chi connectivity index (χ1n) is 7.72. The smallest absolute Gasteiger partial charge is 0.253 e. The largest absolute Gasteiger partial charge is 0.446 e. The zero-order chi connectivity index (χ0) is 16.9. The maximum Gasteiger partial charge on any atom is 0.253 e. The third-order valence-electron chi connectivity index (χ3n) is 3.91. The van der Waals surface area contributed by atoms with Gasteiger partial charge in [-0.2, -0.15) is 0 Å². The van der Waals surface area contributed by atoms with Crippen molar-refractivity contribution in [1.29, 1.82) is 0 Å². The molecule has 122 valence electrons. The van der Waals surface area contributed by atoms with Gasteiger partial charge in [-0.15, -0.1) is 0 Å². The molecule has 3 aromatic rings. The molecule has 0 aliphatic carbocycles. The normalized spacial score (nSPS) is 10.4. The number of aromatic nitrogens is 1. The number of oxazole rings is 1. The highest BCUT2D eigenvalue weighted by Crippen LogP contribution is 2.26. The molecule has 0 saturated carbocycles. The topological polar surface area (TPSA) is 58.4 Å². The van der Waals surface area contributed by atoms with Gasteiger partial charge in [-0.25, -0.2) is 4.98 Å². The van der Waals surface area contributed by atoms with Gasteiger partial charge < -0.3 is 14.6 Å². The molecular weight excluding hydrogens is 302 g/mol. The van der Waals surface area contributed by atoms with E-state index in [0.29, 0.717) is 17.9 Å². The number of hydrogen-bond acceptors (Lipinski definition) is 4. The Morgan fingerprint density at radius 3 is 2.54 bits per heavy atom. The Morgan fingerprint density at radius 2 is 1.83 bits per heavy atom. The highest BCUT2D eigenvalue weighted by Gasteiger charge is 2.15. The average molecular weight is 321 g/mol. The molecule has 0 spiro atoms. The summed E-state index contributed by atoms with van der Waals surface area (Å²) in [5.74, 6) is 0.515. The molecule has 5 heteroatoms. The van der Waals surface area contributed by atoms with Crippen LogP contribution in [0.1, 0.15) is 21.8 Å². The van der Waals surface area contributed by atoms with Crippen molar-refractivity contribution in [3.05, 3.63) is 78.0 Å². The first-order chi connectivity index (χ1) is 11.7. The van der Waals surface area contributed by atoms with Crippen LogP contribution < -0.4 is 10.2 Å².